The molecule has 2 aliphatic carbocycles. The van der Waals surface area contributed by atoms with Crippen molar-refractivity contribution in [3.63, 3.8) is 0 Å². The summed E-state index contributed by atoms with van der Waals surface area (Å²) in [5.41, 5.74) is 0.990. The van der Waals surface area contributed by atoms with Gasteiger partial charge in [0, 0.05) is 0 Å². The van der Waals surface area contributed by atoms with Crippen LogP contribution in [0.25, 0.3) is 0 Å². The van der Waals surface area contributed by atoms with Gasteiger partial charge in [-0.15, -0.1) is 0 Å². The van der Waals surface area contributed by atoms with E-state index < -0.39 is 0 Å². The predicted octanol–water partition coefficient (Wildman–Crippen LogP) is 4.51. The van der Waals surface area contributed by atoms with Gasteiger partial charge in [-0.05, 0) is 75.6 Å². The van der Waals surface area contributed by atoms with E-state index in [4.69, 9.17) is 9.47 Å². The van der Waals surface area contributed by atoms with Crippen LogP contribution < -0.4 is 0 Å². The van der Waals surface area contributed by atoms with Gasteiger partial charge in [0.2, 0.25) is 0 Å². The van der Waals surface area contributed by atoms with E-state index in [9.17, 15) is 9.59 Å². The Morgan fingerprint density at radius 1 is 0.680 bits per heavy atom. The molecule has 0 aliphatic heterocycles. The Hall–Kier alpha value is -0.269. The van der Waals surface area contributed by atoms with E-state index in [-0.39, 0.29) is 75.9 Å². The van der Waals surface area contributed by atoms with E-state index in [2.05, 4.69) is 0 Å². The SMILES string of the molecule is O=C(OC1CCCCC1)c1ccc(C(=O)OC2CCCCC2)cc1.[Ba+2].[H-].[H-]. The van der Waals surface area contributed by atoms with Gasteiger partial charge in [0.1, 0.15) is 12.2 Å². The molecule has 0 bridgehead atoms. The standard InChI is InChI=1S/C20H26O4.Ba.2H/c21-19(23-17-7-3-1-4-8-17)15-11-13-16(14-12-15)20(22)24-18-9-5-2-6-10-18;;;/h11-14,17-18H,1-10H2;;;/q;+2;2*-1. The first kappa shape index (κ1) is 21.0. The number of hydrogen-bond donors (Lipinski definition) is 0. The third kappa shape index (κ3) is 6.44. The van der Waals surface area contributed by atoms with Crippen LogP contribution in [-0.2, 0) is 9.47 Å². The molecule has 0 saturated heterocycles. The normalized spacial score (nSPS) is 18.9. The fraction of sp³-hybridized carbons (Fsp3) is 0.600. The molecule has 2 aliphatic rings. The van der Waals surface area contributed by atoms with Crippen LogP contribution in [0.3, 0.4) is 0 Å². The van der Waals surface area contributed by atoms with Crippen molar-refractivity contribution in [2.45, 2.75) is 76.4 Å². The van der Waals surface area contributed by atoms with Gasteiger partial charge in [0.05, 0.1) is 11.1 Å². The Morgan fingerprint density at radius 2 is 1.00 bits per heavy atom. The molecule has 4 nitrogen and oxygen atoms in total. The first-order valence-corrected chi connectivity index (χ1v) is 9.24. The van der Waals surface area contributed by atoms with Gasteiger partial charge in [0.25, 0.3) is 0 Å². The van der Waals surface area contributed by atoms with Gasteiger partial charge in [-0.1, -0.05) is 12.8 Å². The van der Waals surface area contributed by atoms with E-state index in [1.807, 2.05) is 0 Å². The first-order chi connectivity index (χ1) is 11.7. The van der Waals surface area contributed by atoms with E-state index in [0.29, 0.717) is 11.1 Å². The van der Waals surface area contributed by atoms with Crippen LogP contribution in [0.4, 0.5) is 0 Å². The summed E-state index contributed by atoms with van der Waals surface area (Å²) >= 11 is 0. The average Bonchev–Trinajstić information content (AvgIpc) is 2.63. The molecular weight excluding hydrogens is 442 g/mol. The van der Waals surface area contributed by atoms with Crippen LogP contribution in [0.15, 0.2) is 24.3 Å². The Morgan fingerprint density at radius 3 is 1.32 bits per heavy atom. The summed E-state index contributed by atoms with van der Waals surface area (Å²) in [6.45, 7) is 0. The molecule has 0 spiro atoms. The van der Waals surface area contributed by atoms with E-state index in [0.717, 1.165) is 51.4 Å². The number of carbonyl (C=O) groups is 2. The fourth-order valence-corrected chi connectivity index (χ4v) is 3.55. The van der Waals surface area contributed by atoms with Crippen molar-refractivity contribution in [1.29, 1.82) is 0 Å². The zero-order valence-corrected chi connectivity index (χ0v) is 19.3. The summed E-state index contributed by atoms with van der Waals surface area (Å²) in [4.78, 5) is 24.3. The summed E-state index contributed by atoms with van der Waals surface area (Å²) < 4.78 is 11.1. The summed E-state index contributed by atoms with van der Waals surface area (Å²) in [5, 5.41) is 0. The molecule has 2 saturated carbocycles. The smallest absolute Gasteiger partial charge is 1.00 e. The molecule has 0 amide bonds. The van der Waals surface area contributed by atoms with Crippen molar-refractivity contribution in [2.24, 2.45) is 0 Å². The number of benzene rings is 1. The molecular formula is C20H28BaO4. The second-order valence-electron chi connectivity index (χ2n) is 6.91. The molecule has 0 aromatic heterocycles. The Labute approximate surface area is 193 Å². The minimum atomic E-state index is -0.297. The maximum Gasteiger partial charge on any atom is 2.00 e. The van der Waals surface area contributed by atoms with Crippen LogP contribution in [-0.4, -0.2) is 73.0 Å². The third-order valence-corrected chi connectivity index (χ3v) is 5.01. The molecule has 25 heavy (non-hydrogen) atoms. The van der Waals surface area contributed by atoms with Crippen molar-refractivity contribution >= 4 is 60.8 Å². The molecule has 134 valence electrons. The maximum absolute atomic E-state index is 12.2. The predicted molar refractivity (Wildman–Crippen MR) is 99.0 cm³/mol. The van der Waals surface area contributed by atoms with Gasteiger partial charge in [-0.2, -0.15) is 0 Å². The molecule has 0 atom stereocenters. The number of rotatable bonds is 4. The summed E-state index contributed by atoms with van der Waals surface area (Å²) in [6, 6.07) is 6.62. The van der Waals surface area contributed by atoms with Gasteiger partial charge in [-0.25, -0.2) is 9.59 Å². The molecule has 0 N–H and O–H groups in total. The van der Waals surface area contributed by atoms with Crippen LogP contribution in [0.5, 0.6) is 0 Å². The molecule has 0 unspecified atom stereocenters. The Kier molecular flexibility index (Phi) is 9.07. The van der Waals surface area contributed by atoms with Crippen LogP contribution in [0.2, 0.25) is 0 Å². The van der Waals surface area contributed by atoms with E-state index in [1.165, 1.54) is 12.8 Å². The number of esters is 2. The van der Waals surface area contributed by atoms with Gasteiger partial charge >= 0.3 is 60.8 Å². The Bertz CT molecular complexity index is 517. The minimum Gasteiger partial charge on any atom is -1.00 e. The first-order valence-electron chi connectivity index (χ1n) is 9.24. The second kappa shape index (κ2) is 10.8. The molecule has 1 aromatic rings. The summed E-state index contributed by atoms with van der Waals surface area (Å²) in [7, 11) is 0. The van der Waals surface area contributed by atoms with Gasteiger partial charge in [-0.3, -0.25) is 0 Å². The monoisotopic (exact) mass is 470 g/mol. The largest absolute Gasteiger partial charge is 2.00 e. The molecule has 3 rings (SSSR count). The molecule has 1 aromatic carbocycles. The summed E-state index contributed by atoms with van der Waals surface area (Å²) in [6.07, 6.45) is 10.9. The zero-order valence-electron chi connectivity index (χ0n) is 16.9. The van der Waals surface area contributed by atoms with Crippen molar-refractivity contribution in [2.75, 3.05) is 0 Å². The van der Waals surface area contributed by atoms with Crippen LogP contribution in [0, 0.1) is 0 Å². The van der Waals surface area contributed by atoms with Crippen molar-refractivity contribution in [3.05, 3.63) is 35.4 Å². The number of hydrogen-bond acceptors (Lipinski definition) is 4. The quantitative estimate of drug-likeness (QED) is 0.481. The Balaban J connectivity index is 0.00000225. The third-order valence-electron chi connectivity index (χ3n) is 5.01. The summed E-state index contributed by atoms with van der Waals surface area (Å²) in [5.74, 6) is -0.594. The fourth-order valence-electron chi connectivity index (χ4n) is 3.55. The molecule has 5 heteroatoms. The number of ether oxygens (including phenoxy) is 2. The topological polar surface area (TPSA) is 52.6 Å². The van der Waals surface area contributed by atoms with E-state index >= 15 is 0 Å². The molecule has 0 radical (unpaired) electrons. The maximum atomic E-state index is 12.2. The van der Waals surface area contributed by atoms with Crippen molar-refractivity contribution in [1.82, 2.24) is 0 Å². The molecule has 2 fully saturated rings. The van der Waals surface area contributed by atoms with Crippen LogP contribution >= 0.6 is 0 Å². The van der Waals surface area contributed by atoms with Gasteiger partial charge in [0.15, 0.2) is 0 Å². The van der Waals surface area contributed by atoms with Crippen molar-refractivity contribution in [3.8, 4) is 0 Å². The average molecular weight is 470 g/mol. The van der Waals surface area contributed by atoms with E-state index in [1.54, 1.807) is 24.3 Å². The number of carbonyl (C=O) groups excluding carboxylic acids is 2. The molecule has 0 heterocycles. The minimum absolute atomic E-state index is 0. The zero-order chi connectivity index (χ0) is 16.8. The second-order valence-corrected chi connectivity index (χ2v) is 6.91. The van der Waals surface area contributed by atoms with Crippen LogP contribution in [0.1, 0.15) is 87.8 Å². The van der Waals surface area contributed by atoms with Crippen molar-refractivity contribution < 1.29 is 21.9 Å². The van der Waals surface area contributed by atoms with Gasteiger partial charge < -0.3 is 12.3 Å².